The van der Waals surface area contributed by atoms with Crippen LogP contribution in [0.2, 0.25) is 5.02 Å². The van der Waals surface area contributed by atoms with Gasteiger partial charge in [-0.1, -0.05) is 17.7 Å². The van der Waals surface area contributed by atoms with E-state index < -0.39 is 0 Å². The lowest BCUT2D eigenvalue weighted by molar-refractivity contribution is 0.103. The first-order chi connectivity index (χ1) is 9.13. The highest BCUT2D eigenvalue weighted by Gasteiger charge is 2.23. The number of rotatable bonds is 0. The molecule has 0 saturated heterocycles. The maximum atomic E-state index is 13.3. The Labute approximate surface area is 112 Å². The molecule has 1 N–H and O–H groups in total. The van der Waals surface area contributed by atoms with Crippen molar-refractivity contribution in [2.24, 2.45) is 0 Å². The summed E-state index contributed by atoms with van der Waals surface area (Å²) in [4.78, 5) is 11.9. The van der Waals surface area contributed by atoms with Crippen molar-refractivity contribution in [1.82, 2.24) is 0 Å². The van der Waals surface area contributed by atoms with Gasteiger partial charge in [-0.3, -0.25) is 4.79 Å². The van der Waals surface area contributed by atoms with Gasteiger partial charge in [-0.15, -0.1) is 0 Å². The van der Waals surface area contributed by atoms with Crippen molar-refractivity contribution in [3.05, 3.63) is 52.8 Å². The summed E-state index contributed by atoms with van der Waals surface area (Å²) in [6.07, 6.45) is 0. The second-order valence-corrected chi connectivity index (χ2v) is 5.06. The first-order valence-corrected chi connectivity index (χ1v) is 6.18. The van der Waals surface area contributed by atoms with Crippen molar-refractivity contribution in [3.63, 3.8) is 0 Å². The van der Waals surface area contributed by atoms with E-state index in [1.807, 2.05) is 6.07 Å². The Morgan fingerprint density at radius 1 is 1.05 bits per heavy atom. The standard InChI is InChI=1S/C15H7ClFNO/c16-8-5-11-10-2-1-9(17)3-7(10)4-12-14(11)13(6-8)18-15(12)19/h1-6H,(H,18,19). The van der Waals surface area contributed by atoms with Crippen LogP contribution in [0.15, 0.2) is 36.4 Å². The zero-order valence-corrected chi connectivity index (χ0v) is 10.4. The van der Waals surface area contributed by atoms with Crippen LogP contribution < -0.4 is 5.32 Å². The number of amides is 1. The van der Waals surface area contributed by atoms with E-state index in [-0.39, 0.29) is 11.7 Å². The second kappa shape index (κ2) is 3.45. The van der Waals surface area contributed by atoms with Crippen molar-refractivity contribution in [2.75, 3.05) is 5.32 Å². The summed E-state index contributed by atoms with van der Waals surface area (Å²) in [5.41, 5.74) is 1.29. The molecule has 3 aromatic carbocycles. The van der Waals surface area contributed by atoms with Crippen LogP contribution in [-0.4, -0.2) is 5.91 Å². The van der Waals surface area contributed by atoms with E-state index in [0.29, 0.717) is 21.7 Å². The number of anilines is 1. The zero-order valence-electron chi connectivity index (χ0n) is 9.63. The Hall–Kier alpha value is -2.13. The molecule has 4 heteroatoms. The number of fused-ring (bicyclic) bond motifs is 2. The summed E-state index contributed by atoms with van der Waals surface area (Å²) >= 11 is 6.08. The van der Waals surface area contributed by atoms with Crippen molar-refractivity contribution in [2.45, 2.75) is 0 Å². The highest BCUT2D eigenvalue weighted by atomic mass is 35.5. The van der Waals surface area contributed by atoms with Gasteiger partial charge < -0.3 is 5.32 Å². The molecule has 1 aliphatic rings. The molecule has 92 valence electrons. The Kier molecular flexibility index (Phi) is 1.96. The molecular weight excluding hydrogens is 265 g/mol. The molecule has 0 atom stereocenters. The third-order valence-corrected chi connectivity index (χ3v) is 3.69. The van der Waals surface area contributed by atoms with Gasteiger partial charge in [-0.2, -0.15) is 0 Å². The van der Waals surface area contributed by atoms with Gasteiger partial charge >= 0.3 is 0 Å². The van der Waals surface area contributed by atoms with E-state index in [2.05, 4.69) is 5.32 Å². The van der Waals surface area contributed by atoms with Gasteiger partial charge in [0.25, 0.3) is 5.91 Å². The summed E-state index contributed by atoms with van der Waals surface area (Å²) in [7, 11) is 0. The molecule has 0 saturated carbocycles. The molecule has 1 amide bonds. The Balaban J connectivity index is 2.31. The Bertz CT molecular complexity index is 888. The molecule has 19 heavy (non-hydrogen) atoms. The van der Waals surface area contributed by atoms with Crippen molar-refractivity contribution in [1.29, 1.82) is 0 Å². The maximum absolute atomic E-state index is 13.3. The molecule has 1 heterocycles. The molecule has 3 aromatic rings. The maximum Gasteiger partial charge on any atom is 0.256 e. The van der Waals surface area contributed by atoms with Gasteiger partial charge in [0.15, 0.2) is 0 Å². The number of benzene rings is 3. The molecule has 0 bridgehead atoms. The first kappa shape index (κ1) is 10.8. The van der Waals surface area contributed by atoms with Crippen LogP contribution >= 0.6 is 11.6 Å². The number of nitrogens with one attached hydrogen (secondary N) is 1. The van der Waals surface area contributed by atoms with E-state index in [1.54, 1.807) is 18.2 Å². The highest BCUT2D eigenvalue weighted by Crippen LogP contribution is 2.39. The van der Waals surface area contributed by atoms with Crippen molar-refractivity contribution in [3.8, 4) is 0 Å². The van der Waals surface area contributed by atoms with Crippen LogP contribution in [-0.2, 0) is 0 Å². The van der Waals surface area contributed by atoms with Gasteiger partial charge in [0.2, 0.25) is 0 Å². The summed E-state index contributed by atoms with van der Waals surface area (Å²) in [6, 6.07) is 9.82. The van der Waals surface area contributed by atoms with Crippen LogP contribution in [0, 0.1) is 5.82 Å². The van der Waals surface area contributed by atoms with Crippen LogP contribution in [0.4, 0.5) is 10.1 Å². The molecule has 0 radical (unpaired) electrons. The fourth-order valence-electron chi connectivity index (χ4n) is 2.70. The molecule has 2 nitrogen and oxygen atoms in total. The van der Waals surface area contributed by atoms with Gasteiger partial charge in [-0.05, 0) is 46.5 Å². The fraction of sp³-hybridized carbons (Fsp3) is 0. The first-order valence-electron chi connectivity index (χ1n) is 5.80. The van der Waals surface area contributed by atoms with Crippen LogP contribution in [0.1, 0.15) is 10.4 Å². The smallest absolute Gasteiger partial charge is 0.256 e. The average Bonchev–Trinajstić information content (AvgIpc) is 2.66. The molecule has 0 aromatic heterocycles. The zero-order chi connectivity index (χ0) is 13.1. The predicted octanol–water partition coefficient (Wildman–Crippen LogP) is 4.35. The van der Waals surface area contributed by atoms with Crippen molar-refractivity contribution >= 4 is 44.7 Å². The monoisotopic (exact) mass is 271 g/mol. The highest BCUT2D eigenvalue weighted by molar-refractivity contribution is 6.35. The SMILES string of the molecule is O=C1Nc2cc(Cl)cc3c2c1cc1cc(F)ccc13. The molecule has 0 spiro atoms. The lowest BCUT2D eigenvalue weighted by Gasteiger charge is -2.06. The number of carbonyl (C=O) groups is 1. The number of hydrogen-bond acceptors (Lipinski definition) is 1. The van der Waals surface area contributed by atoms with Gasteiger partial charge in [0, 0.05) is 10.4 Å². The molecule has 0 unspecified atom stereocenters. The Morgan fingerprint density at radius 2 is 1.89 bits per heavy atom. The minimum Gasteiger partial charge on any atom is -0.321 e. The molecule has 0 fully saturated rings. The summed E-state index contributed by atoms with van der Waals surface area (Å²) in [5.74, 6) is -0.492. The topological polar surface area (TPSA) is 29.1 Å². The number of hydrogen-bond donors (Lipinski definition) is 1. The van der Waals surface area contributed by atoms with Gasteiger partial charge in [0.05, 0.1) is 11.3 Å². The number of halogens is 2. The van der Waals surface area contributed by atoms with E-state index in [9.17, 15) is 9.18 Å². The predicted molar refractivity (Wildman–Crippen MR) is 74.4 cm³/mol. The summed E-state index contributed by atoms with van der Waals surface area (Å²) < 4.78 is 13.3. The molecule has 0 aliphatic carbocycles. The lowest BCUT2D eigenvalue weighted by atomic mass is 9.98. The summed E-state index contributed by atoms with van der Waals surface area (Å²) in [5, 5.41) is 6.65. The van der Waals surface area contributed by atoms with Gasteiger partial charge in [0.1, 0.15) is 5.82 Å². The number of carbonyl (C=O) groups excluding carboxylic acids is 1. The minimum absolute atomic E-state index is 0.173. The third kappa shape index (κ3) is 1.39. The van der Waals surface area contributed by atoms with Crippen molar-refractivity contribution < 1.29 is 9.18 Å². The van der Waals surface area contributed by atoms with E-state index in [1.165, 1.54) is 12.1 Å². The van der Waals surface area contributed by atoms with E-state index in [4.69, 9.17) is 11.6 Å². The van der Waals surface area contributed by atoms with Crippen LogP contribution in [0.3, 0.4) is 0 Å². The van der Waals surface area contributed by atoms with E-state index >= 15 is 0 Å². The second-order valence-electron chi connectivity index (χ2n) is 4.62. The molecule has 4 rings (SSSR count). The summed E-state index contributed by atoms with van der Waals surface area (Å²) in [6.45, 7) is 0. The fourth-order valence-corrected chi connectivity index (χ4v) is 2.92. The van der Waals surface area contributed by atoms with E-state index in [0.717, 1.165) is 16.2 Å². The van der Waals surface area contributed by atoms with Crippen LogP contribution in [0.5, 0.6) is 0 Å². The van der Waals surface area contributed by atoms with Crippen LogP contribution in [0.25, 0.3) is 21.5 Å². The normalized spacial score (nSPS) is 13.3. The van der Waals surface area contributed by atoms with Gasteiger partial charge in [-0.25, -0.2) is 4.39 Å². The average molecular weight is 272 g/mol. The quantitative estimate of drug-likeness (QED) is 0.605. The molecular formula is C15H7ClFNO. The third-order valence-electron chi connectivity index (χ3n) is 3.47. The molecule has 1 aliphatic heterocycles. The largest absolute Gasteiger partial charge is 0.321 e. The minimum atomic E-state index is -0.320. The lowest BCUT2D eigenvalue weighted by Crippen LogP contribution is -2.03. The Morgan fingerprint density at radius 3 is 2.74 bits per heavy atom.